The second-order valence-corrected chi connectivity index (χ2v) is 6.24. The zero-order valence-electron chi connectivity index (χ0n) is 11.6. The number of nitrogens with one attached hydrogen (secondary N) is 2. The summed E-state index contributed by atoms with van der Waals surface area (Å²) in [4.78, 5) is 0. The molecule has 2 aromatic rings. The van der Waals surface area contributed by atoms with Crippen molar-refractivity contribution in [3.63, 3.8) is 0 Å². The van der Waals surface area contributed by atoms with E-state index in [1.54, 1.807) is 10.9 Å². The van der Waals surface area contributed by atoms with Crippen molar-refractivity contribution in [2.24, 2.45) is 5.10 Å². The first-order valence-electron chi connectivity index (χ1n) is 6.49. The Hall–Kier alpha value is -1.51. The van der Waals surface area contributed by atoms with Crippen LogP contribution in [0.25, 0.3) is 5.69 Å². The van der Waals surface area contributed by atoms with Crippen molar-refractivity contribution in [2.45, 2.75) is 24.9 Å². The molecule has 0 saturated carbocycles. The quantitative estimate of drug-likeness (QED) is 0.729. The minimum atomic E-state index is 0.251. The lowest BCUT2D eigenvalue weighted by atomic mass is 10.2. The van der Waals surface area contributed by atoms with Gasteiger partial charge in [-0.15, -0.1) is 23.3 Å². The molecule has 1 aliphatic heterocycles. The number of hydrazone groups is 1. The van der Waals surface area contributed by atoms with Gasteiger partial charge in [-0.3, -0.25) is 5.01 Å². The minimum absolute atomic E-state index is 0.251. The predicted molar refractivity (Wildman–Crippen MR) is 88.3 cm³/mol. The molecular formula is C13H15BrN6S. The summed E-state index contributed by atoms with van der Waals surface area (Å²) < 4.78 is 2.78. The fraction of sp³-hybridized carbons (Fsp3) is 0.231. The second kappa shape index (κ2) is 5.70. The van der Waals surface area contributed by atoms with Crippen molar-refractivity contribution >= 4 is 34.4 Å². The summed E-state index contributed by atoms with van der Waals surface area (Å²) in [7, 11) is 0. The van der Waals surface area contributed by atoms with Gasteiger partial charge in [0, 0.05) is 10.5 Å². The highest BCUT2D eigenvalue weighted by molar-refractivity contribution is 9.10. The number of hydrogen-bond acceptors (Lipinski definition) is 6. The van der Waals surface area contributed by atoms with Gasteiger partial charge < -0.3 is 0 Å². The molecule has 2 heterocycles. The van der Waals surface area contributed by atoms with Crippen molar-refractivity contribution < 1.29 is 0 Å². The largest absolute Gasteiger partial charge is 0.268 e. The molecule has 6 nitrogen and oxygen atoms in total. The van der Waals surface area contributed by atoms with E-state index in [2.05, 4.69) is 63.7 Å². The fourth-order valence-corrected chi connectivity index (χ4v) is 2.81. The van der Waals surface area contributed by atoms with E-state index in [4.69, 9.17) is 0 Å². The van der Waals surface area contributed by atoms with Crippen molar-refractivity contribution in [3.8, 4) is 5.69 Å². The third kappa shape index (κ3) is 2.66. The molecule has 1 aromatic heterocycles. The first-order valence-corrected chi connectivity index (χ1v) is 7.73. The molecule has 3 rings (SSSR count). The van der Waals surface area contributed by atoms with Gasteiger partial charge in [-0.2, -0.15) is 5.10 Å². The summed E-state index contributed by atoms with van der Waals surface area (Å²) in [5.74, 6) is 0.774. The molecule has 1 aromatic carbocycles. The van der Waals surface area contributed by atoms with E-state index < -0.39 is 0 Å². The standard InChI is InChI=1S/C13H15BrN6S/c1-8(2)19-12(16-17-18-19)11-7-15-20(13(11)21)10-5-3-4-9(14)6-10/h3-8,17-18,21H,1-2H3. The number of nitrogens with zero attached hydrogens (tertiary/aromatic N) is 4. The van der Waals surface area contributed by atoms with Crippen LogP contribution in [-0.2, 0) is 0 Å². The monoisotopic (exact) mass is 366 g/mol. The molecule has 0 amide bonds. The lowest BCUT2D eigenvalue weighted by Gasteiger charge is -2.22. The molecule has 2 N–H and O–H groups in total. The number of amidine groups is 1. The van der Waals surface area contributed by atoms with Gasteiger partial charge in [0.1, 0.15) is 5.03 Å². The highest BCUT2D eigenvalue weighted by Crippen LogP contribution is 2.23. The lowest BCUT2D eigenvalue weighted by molar-refractivity contribution is 0.246. The van der Waals surface area contributed by atoms with Crippen LogP contribution in [0.1, 0.15) is 19.4 Å². The molecule has 110 valence electrons. The number of hydrazine groups is 2. The van der Waals surface area contributed by atoms with Crippen LogP contribution in [0.5, 0.6) is 0 Å². The van der Waals surface area contributed by atoms with Crippen LogP contribution in [0.2, 0.25) is 0 Å². The number of aromatic nitrogens is 2. The smallest absolute Gasteiger partial charge is 0.177 e. The number of benzene rings is 1. The van der Waals surface area contributed by atoms with E-state index in [9.17, 15) is 0 Å². The summed E-state index contributed by atoms with van der Waals surface area (Å²) >= 11 is 8.08. The zero-order valence-corrected chi connectivity index (χ0v) is 14.1. The summed E-state index contributed by atoms with van der Waals surface area (Å²) in [5.41, 5.74) is 7.57. The first-order chi connectivity index (χ1) is 10.1. The SMILES string of the molecule is CC(C)N1NNN=C1c1cnn(-c2cccc(Br)c2)c1S. The van der Waals surface area contributed by atoms with Crippen LogP contribution >= 0.6 is 28.6 Å². The van der Waals surface area contributed by atoms with E-state index >= 15 is 0 Å². The molecule has 21 heavy (non-hydrogen) atoms. The number of thiol groups is 1. The molecule has 0 unspecified atom stereocenters. The Labute approximate surface area is 136 Å². The molecule has 0 aliphatic carbocycles. The normalized spacial score (nSPS) is 14.5. The van der Waals surface area contributed by atoms with E-state index in [0.29, 0.717) is 0 Å². The van der Waals surface area contributed by atoms with Gasteiger partial charge in [-0.1, -0.05) is 22.0 Å². The van der Waals surface area contributed by atoms with Crippen molar-refractivity contribution in [1.82, 2.24) is 25.9 Å². The van der Waals surface area contributed by atoms with Crippen molar-refractivity contribution in [2.75, 3.05) is 0 Å². The molecule has 0 fully saturated rings. The summed E-state index contributed by atoms with van der Waals surface area (Å²) in [5, 5.41) is 11.4. The molecule has 0 radical (unpaired) electrons. The Morgan fingerprint density at radius 3 is 2.86 bits per heavy atom. The Morgan fingerprint density at radius 2 is 2.14 bits per heavy atom. The Kier molecular flexibility index (Phi) is 3.92. The summed E-state index contributed by atoms with van der Waals surface area (Å²) in [6, 6.07) is 8.16. The van der Waals surface area contributed by atoms with Crippen LogP contribution in [0, 0.1) is 0 Å². The maximum absolute atomic E-state index is 4.61. The highest BCUT2D eigenvalue weighted by atomic mass is 79.9. The Morgan fingerprint density at radius 1 is 1.33 bits per heavy atom. The number of rotatable bonds is 3. The van der Waals surface area contributed by atoms with Crippen LogP contribution in [0.15, 0.2) is 45.1 Å². The topological polar surface area (TPSA) is 57.5 Å². The molecule has 0 atom stereocenters. The van der Waals surface area contributed by atoms with Gasteiger partial charge in [0.15, 0.2) is 5.84 Å². The van der Waals surface area contributed by atoms with Gasteiger partial charge in [-0.25, -0.2) is 10.2 Å². The number of hydrogen-bond donors (Lipinski definition) is 3. The zero-order chi connectivity index (χ0) is 15.0. The van der Waals surface area contributed by atoms with E-state index in [-0.39, 0.29) is 6.04 Å². The van der Waals surface area contributed by atoms with E-state index in [1.807, 2.05) is 29.3 Å². The van der Waals surface area contributed by atoms with Gasteiger partial charge >= 0.3 is 0 Å². The van der Waals surface area contributed by atoms with E-state index in [1.165, 1.54) is 0 Å². The second-order valence-electron chi connectivity index (χ2n) is 4.90. The first kappa shape index (κ1) is 14.4. The van der Waals surface area contributed by atoms with Gasteiger partial charge in [0.25, 0.3) is 0 Å². The van der Waals surface area contributed by atoms with Gasteiger partial charge in [0.2, 0.25) is 0 Å². The lowest BCUT2D eigenvalue weighted by Crippen LogP contribution is -2.45. The maximum atomic E-state index is 4.61. The summed E-state index contributed by atoms with van der Waals surface area (Å²) in [6.45, 7) is 4.15. The maximum Gasteiger partial charge on any atom is 0.177 e. The Balaban J connectivity index is 2.00. The molecule has 8 heteroatoms. The Bertz CT molecular complexity index is 696. The van der Waals surface area contributed by atoms with Crippen LogP contribution in [0.4, 0.5) is 0 Å². The number of halogens is 1. The molecule has 0 saturated heterocycles. The highest BCUT2D eigenvalue weighted by Gasteiger charge is 2.25. The van der Waals surface area contributed by atoms with Crippen LogP contribution in [-0.4, -0.2) is 26.7 Å². The van der Waals surface area contributed by atoms with Crippen molar-refractivity contribution in [1.29, 1.82) is 0 Å². The van der Waals surface area contributed by atoms with Crippen LogP contribution < -0.4 is 11.1 Å². The minimum Gasteiger partial charge on any atom is -0.268 e. The average Bonchev–Trinajstić information content (AvgIpc) is 3.04. The average molecular weight is 367 g/mol. The fourth-order valence-electron chi connectivity index (χ4n) is 2.10. The molecular weight excluding hydrogens is 352 g/mol. The molecule has 1 aliphatic rings. The summed E-state index contributed by atoms with van der Waals surface area (Å²) in [6.07, 6.45) is 1.77. The van der Waals surface area contributed by atoms with Crippen molar-refractivity contribution in [3.05, 3.63) is 40.5 Å². The third-order valence-corrected chi connectivity index (χ3v) is 4.04. The van der Waals surface area contributed by atoms with E-state index in [0.717, 1.165) is 26.6 Å². The van der Waals surface area contributed by atoms with Gasteiger partial charge in [-0.05, 0) is 32.0 Å². The van der Waals surface area contributed by atoms with Gasteiger partial charge in [0.05, 0.1) is 17.4 Å². The molecule has 0 spiro atoms. The van der Waals surface area contributed by atoms with Crippen LogP contribution in [0.3, 0.4) is 0 Å². The third-order valence-electron chi connectivity index (χ3n) is 3.11. The predicted octanol–water partition coefficient (Wildman–Crippen LogP) is 2.32. The molecule has 0 bridgehead atoms.